The van der Waals surface area contributed by atoms with Crippen molar-refractivity contribution in [1.29, 1.82) is 0 Å². The smallest absolute Gasteiger partial charge is 0.0587 e. The molecule has 0 aliphatic rings. The molecule has 2 atom stereocenters. The Balaban J connectivity index is 2.21. The minimum Gasteiger partial charge on any atom is -0.383 e. The van der Waals surface area contributed by atoms with Crippen LogP contribution in [0.25, 0.3) is 0 Å². The maximum absolute atomic E-state index is 5.03. The maximum Gasteiger partial charge on any atom is 0.0587 e. The van der Waals surface area contributed by atoms with Crippen molar-refractivity contribution in [2.24, 2.45) is 13.0 Å². The van der Waals surface area contributed by atoms with Crippen LogP contribution in [0.5, 0.6) is 0 Å². The van der Waals surface area contributed by atoms with E-state index >= 15 is 0 Å². The number of rotatable bonds is 8. The van der Waals surface area contributed by atoms with Gasteiger partial charge < -0.3 is 10.1 Å². The van der Waals surface area contributed by atoms with Crippen molar-refractivity contribution >= 4 is 0 Å². The molecule has 1 aromatic rings. The van der Waals surface area contributed by atoms with Crippen LogP contribution in [0.4, 0.5) is 0 Å². The van der Waals surface area contributed by atoms with Crippen molar-refractivity contribution in [1.82, 2.24) is 15.1 Å². The zero-order valence-electron chi connectivity index (χ0n) is 11.4. The van der Waals surface area contributed by atoms with Gasteiger partial charge >= 0.3 is 0 Å². The van der Waals surface area contributed by atoms with Crippen LogP contribution in [0.2, 0.25) is 0 Å². The van der Waals surface area contributed by atoms with E-state index in [1.165, 1.54) is 12.0 Å². The highest BCUT2D eigenvalue weighted by molar-refractivity contribution is 5.03. The third-order valence-electron chi connectivity index (χ3n) is 3.27. The standard InChI is InChI=1S/C13H25N3O/c1-11(12(2)14-7-8-17-4)5-6-13-9-15-16(3)10-13/h9-12,14H,5-8H2,1-4H3. The summed E-state index contributed by atoms with van der Waals surface area (Å²) in [6, 6.07) is 0.529. The lowest BCUT2D eigenvalue weighted by Crippen LogP contribution is -2.34. The second kappa shape index (κ2) is 7.45. The summed E-state index contributed by atoms with van der Waals surface area (Å²) in [6.45, 7) is 6.24. The molecule has 2 unspecified atom stereocenters. The van der Waals surface area contributed by atoms with Gasteiger partial charge in [0, 0.05) is 32.9 Å². The van der Waals surface area contributed by atoms with Gasteiger partial charge in [0.05, 0.1) is 12.8 Å². The zero-order chi connectivity index (χ0) is 12.7. The number of nitrogens with zero attached hydrogens (tertiary/aromatic N) is 2. The number of methoxy groups -OCH3 is 1. The molecule has 17 heavy (non-hydrogen) atoms. The highest BCUT2D eigenvalue weighted by Gasteiger charge is 2.11. The number of ether oxygens (including phenoxy) is 1. The van der Waals surface area contributed by atoms with Crippen molar-refractivity contribution in [2.75, 3.05) is 20.3 Å². The summed E-state index contributed by atoms with van der Waals surface area (Å²) in [6.07, 6.45) is 6.34. The molecule has 0 amide bonds. The van der Waals surface area contributed by atoms with E-state index < -0.39 is 0 Å². The van der Waals surface area contributed by atoms with Crippen LogP contribution in [0.1, 0.15) is 25.8 Å². The largest absolute Gasteiger partial charge is 0.383 e. The van der Waals surface area contributed by atoms with Crippen LogP contribution in [0.15, 0.2) is 12.4 Å². The number of hydrogen-bond donors (Lipinski definition) is 1. The first-order valence-corrected chi connectivity index (χ1v) is 6.33. The monoisotopic (exact) mass is 239 g/mol. The first-order chi connectivity index (χ1) is 8.13. The molecule has 1 N–H and O–H groups in total. The van der Waals surface area contributed by atoms with Crippen molar-refractivity contribution in [3.63, 3.8) is 0 Å². The molecule has 0 fully saturated rings. The molecule has 0 radical (unpaired) electrons. The maximum atomic E-state index is 5.03. The fourth-order valence-electron chi connectivity index (χ4n) is 1.84. The van der Waals surface area contributed by atoms with Gasteiger partial charge in [-0.15, -0.1) is 0 Å². The van der Waals surface area contributed by atoms with Gasteiger partial charge in [0.15, 0.2) is 0 Å². The molecule has 4 nitrogen and oxygen atoms in total. The van der Waals surface area contributed by atoms with Gasteiger partial charge in [0.25, 0.3) is 0 Å². The summed E-state index contributed by atoms with van der Waals surface area (Å²) >= 11 is 0. The Morgan fingerprint density at radius 2 is 2.24 bits per heavy atom. The molecule has 4 heteroatoms. The van der Waals surface area contributed by atoms with E-state index in [0.29, 0.717) is 12.0 Å². The molecule has 1 rings (SSSR count). The van der Waals surface area contributed by atoms with Gasteiger partial charge in [0.2, 0.25) is 0 Å². The Hall–Kier alpha value is -0.870. The summed E-state index contributed by atoms with van der Waals surface area (Å²) in [5, 5.41) is 7.66. The van der Waals surface area contributed by atoms with Crippen molar-refractivity contribution in [3.8, 4) is 0 Å². The van der Waals surface area contributed by atoms with Gasteiger partial charge in [-0.3, -0.25) is 4.68 Å². The Morgan fingerprint density at radius 3 is 2.82 bits per heavy atom. The quantitative estimate of drug-likeness (QED) is 0.701. The van der Waals surface area contributed by atoms with E-state index in [2.05, 4.69) is 30.5 Å². The van der Waals surface area contributed by atoms with Crippen molar-refractivity contribution in [2.45, 2.75) is 32.7 Å². The molecule has 1 heterocycles. The molecular weight excluding hydrogens is 214 g/mol. The molecular formula is C13H25N3O. The molecule has 0 saturated carbocycles. The highest BCUT2D eigenvalue weighted by Crippen LogP contribution is 2.12. The van der Waals surface area contributed by atoms with Gasteiger partial charge in [-0.1, -0.05) is 6.92 Å². The predicted molar refractivity (Wildman–Crippen MR) is 70.0 cm³/mol. The van der Waals surface area contributed by atoms with E-state index in [1.54, 1.807) is 7.11 Å². The average molecular weight is 239 g/mol. The zero-order valence-corrected chi connectivity index (χ0v) is 11.4. The third-order valence-corrected chi connectivity index (χ3v) is 3.27. The Morgan fingerprint density at radius 1 is 1.47 bits per heavy atom. The average Bonchev–Trinajstić information content (AvgIpc) is 2.72. The van der Waals surface area contributed by atoms with Crippen LogP contribution in [-0.4, -0.2) is 36.1 Å². The molecule has 0 saturated heterocycles. The first-order valence-electron chi connectivity index (χ1n) is 6.33. The summed E-state index contributed by atoms with van der Waals surface area (Å²) < 4.78 is 6.89. The molecule has 0 aliphatic heterocycles. The second-order valence-corrected chi connectivity index (χ2v) is 4.77. The number of hydrogen-bond acceptors (Lipinski definition) is 3. The summed E-state index contributed by atoms with van der Waals surface area (Å²) in [4.78, 5) is 0. The lowest BCUT2D eigenvalue weighted by Gasteiger charge is -2.21. The minimum atomic E-state index is 0.529. The topological polar surface area (TPSA) is 39.1 Å². The van der Waals surface area contributed by atoms with Crippen LogP contribution < -0.4 is 5.32 Å². The number of aryl methyl sites for hydroxylation is 2. The number of nitrogens with one attached hydrogen (secondary N) is 1. The molecule has 0 aromatic carbocycles. The SMILES string of the molecule is COCCNC(C)C(C)CCc1cnn(C)c1. The van der Waals surface area contributed by atoms with E-state index in [4.69, 9.17) is 4.74 Å². The molecule has 0 bridgehead atoms. The van der Waals surface area contributed by atoms with Crippen LogP contribution in [0, 0.1) is 5.92 Å². The molecule has 98 valence electrons. The Kier molecular flexibility index (Phi) is 6.22. The normalized spacial score (nSPS) is 14.8. The third kappa shape index (κ3) is 5.33. The van der Waals surface area contributed by atoms with Crippen LogP contribution in [0.3, 0.4) is 0 Å². The highest BCUT2D eigenvalue weighted by atomic mass is 16.5. The van der Waals surface area contributed by atoms with Crippen molar-refractivity contribution in [3.05, 3.63) is 18.0 Å². The van der Waals surface area contributed by atoms with Gasteiger partial charge in [-0.05, 0) is 31.2 Å². The Bertz CT molecular complexity index is 311. The van der Waals surface area contributed by atoms with Crippen molar-refractivity contribution < 1.29 is 4.74 Å². The second-order valence-electron chi connectivity index (χ2n) is 4.77. The molecule has 0 aliphatic carbocycles. The molecule has 0 spiro atoms. The Labute approximate surface area is 104 Å². The fourth-order valence-corrected chi connectivity index (χ4v) is 1.84. The summed E-state index contributed by atoms with van der Waals surface area (Å²) in [5.74, 6) is 0.659. The lowest BCUT2D eigenvalue weighted by atomic mass is 9.96. The van der Waals surface area contributed by atoms with Crippen LogP contribution >= 0.6 is 0 Å². The summed E-state index contributed by atoms with van der Waals surface area (Å²) in [5.41, 5.74) is 1.32. The van der Waals surface area contributed by atoms with E-state index in [-0.39, 0.29) is 0 Å². The van der Waals surface area contributed by atoms with Gasteiger partial charge in [-0.25, -0.2) is 0 Å². The van der Waals surface area contributed by atoms with E-state index in [9.17, 15) is 0 Å². The number of aromatic nitrogens is 2. The van der Waals surface area contributed by atoms with Crippen LogP contribution in [-0.2, 0) is 18.2 Å². The molecule has 1 aromatic heterocycles. The minimum absolute atomic E-state index is 0.529. The predicted octanol–water partition coefficient (Wildman–Crippen LogP) is 1.61. The lowest BCUT2D eigenvalue weighted by molar-refractivity contribution is 0.192. The fraction of sp³-hybridized carbons (Fsp3) is 0.769. The van der Waals surface area contributed by atoms with E-state index in [1.807, 2.05) is 17.9 Å². The van der Waals surface area contributed by atoms with Gasteiger partial charge in [0.1, 0.15) is 0 Å². The van der Waals surface area contributed by atoms with Gasteiger partial charge in [-0.2, -0.15) is 5.10 Å². The first kappa shape index (κ1) is 14.2. The summed E-state index contributed by atoms with van der Waals surface area (Å²) in [7, 11) is 3.69. The van der Waals surface area contributed by atoms with E-state index in [0.717, 1.165) is 19.6 Å².